The van der Waals surface area contributed by atoms with Crippen molar-refractivity contribution in [2.45, 2.75) is 83.1 Å². The molecule has 1 saturated heterocycles. The number of alkyl halides is 2. The number of nitrogens with one attached hydrogen (secondary N) is 2. The van der Waals surface area contributed by atoms with Gasteiger partial charge in [-0.25, -0.2) is 13.8 Å². The van der Waals surface area contributed by atoms with Gasteiger partial charge in [0, 0.05) is 30.2 Å². The molecule has 3 aliphatic rings. The van der Waals surface area contributed by atoms with Crippen molar-refractivity contribution in [3.05, 3.63) is 47.9 Å². The van der Waals surface area contributed by atoms with E-state index in [2.05, 4.69) is 37.6 Å². The molecule has 0 atom stereocenters. The Kier molecular flexibility index (Phi) is 10.0. The zero-order valence-electron chi connectivity index (χ0n) is 25.7. The monoisotopic (exact) mass is 609 g/mol. The number of pyridine rings is 1. The SMILES string of the molecule is CN(CCC1CCNCC1)CC1CCC(n2cc(NC(=O)c3coc(-c4ccnc(CCC5CC5)c4)n3)c(C(F)F)n2)CC1. The molecule has 2 aliphatic carbocycles. The van der Waals surface area contributed by atoms with Crippen molar-refractivity contribution < 1.29 is 18.0 Å². The van der Waals surface area contributed by atoms with Crippen LogP contribution in [0.4, 0.5) is 14.5 Å². The highest BCUT2D eigenvalue weighted by molar-refractivity contribution is 6.03. The number of aryl methyl sites for hydroxylation is 1. The number of halogens is 2. The summed E-state index contributed by atoms with van der Waals surface area (Å²) in [5, 5.41) is 10.3. The van der Waals surface area contributed by atoms with Crippen LogP contribution in [0.1, 0.15) is 98.6 Å². The van der Waals surface area contributed by atoms with Crippen LogP contribution < -0.4 is 10.6 Å². The zero-order chi connectivity index (χ0) is 30.5. The number of rotatable bonds is 13. The summed E-state index contributed by atoms with van der Waals surface area (Å²) in [7, 11) is 2.22. The first-order valence-corrected chi connectivity index (χ1v) is 16.4. The summed E-state index contributed by atoms with van der Waals surface area (Å²) in [6.07, 6.45) is 13.9. The fourth-order valence-corrected chi connectivity index (χ4v) is 6.75. The van der Waals surface area contributed by atoms with Crippen molar-refractivity contribution in [1.82, 2.24) is 30.0 Å². The summed E-state index contributed by atoms with van der Waals surface area (Å²) < 4.78 is 35.2. The number of carbonyl (C=O) groups is 1. The number of hydrogen-bond donors (Lipinski definition) is 2. The van der Waals surface area contributed by atoms with Gasteiger partial charge in [-0.15, -0.1) is 0 Å². The summed E-state index contributed by atoms with van der Waals surface area (Å²) in [6, 6.07) is 3.75. The number of piperidine rings is 1. The summed E-state index contributed by atoms with van der Waals surface area (Å²) in [5.41, 5.74) is 1.31. The van der Waals surface area contributed by atoms with Gasteiger partial charge in [-0.3, -0.25) is 14.5 Å². The molecular formula is C33H45F2N7O2. The maximum Gasteiger partial charge on any atom is 0.284 e. The molecule has 0 unspecified atom stereocenters. The van der Waals surface area contributed by atoms with Gasteiger partial charge in [-0.1, -0.05) is 12.8 Å². The van der Waals surface area contributed by atoms with Gasteiger partial charge in [0.2, 0.25) is 5.89 Å². The third kappa shape index (κ3) is 8.10. The van der Waals surface area contributed by atoms with Crippen molar-refractivity contribution in [1.29, 1.82) is 0 Å². The maximum absolute atomic E-state index is 14.0. The molecule has 9 nitrogen and oxygen atoms in total. The molecule has 11 heteroatoms. The van der Waals surface area contributed by atoms with Crippen LogP contribution in [0.25, 0.3) is 11.5 Å². The molecule has 2 saturated carbocycles. The van der Waals surface area contributed by atoms with E-state index in [9.17, 15) is 13.6 Å². The van der Waals surface area contributed by atoms with Crippen molar-refractivity contribution >= 4 is 11.6 Å². The van der Waals surface area contributed by atoms with Crippen molar-refractivity contribution in [2.75, 3.05) is 38.5 Å². The molecule has 2 N–H and O–H groups in total. The Morgan fingerprint density at radius 3 is 2.59 bits per heavy atom. The van der Waals surface area contributed by atoms with E-state index >= 15 is 0 Å². The summed E-state index contributed by atoms with van der Waals surface area (Å²) in [6.45, 7) is 4.47. The Balaban J connectivity index is 1.02. The van der Waals surface area contributed by atoms with Gasteiger partial charge in [0.1, 0.15) is 6.26 Å². The highest BCUT2D eigenvalue weighted by Gasteiger charge is 2.28. The number of hydrogen-bond acceptors (Lipinski definition) is 7. The second kappa shape index (κ2) is 14.3. The van der Waals surface area contributed by atoms with Crippen LogP contribution in [0, 0.1) is 17.8 Å². The van der Waals surface area contributed by atoms with Crippen molar-refractivity contribution in [2.24, 2.45) is 17.8 Å². The smallest absolute Gasteiger partial charge is 0.284 e. The molecule has 4 heterocycles. The Morgan fingerprint density at radius 1 is 1.09 bits per heavy atom. The van der Waals surface area contributed by atoms with Crippen LogP contribution >= 0.6 is 0 Å². The van der Waals surface area contributed by atoms with Gasteiger partial charge in [0.05, 0.1) is 11.7 Å². The lowest BCUT2D eigenvalue weighted by molar-refractivity contribution is 0.102. The van der Waals surface area contributed by atoms with E-state index in [0.717, 1.165) is 87.8 Å². The predicted molar refractivity (Wildman–Crippen MR) is 165 cm³/mol. The fourth-order valence-electron chi connectivity index (χ4n) is 6.75. The van der Waals surface area contributed by atoms with E-state index in [1.54, 1.807) is 23.1 Å². The van der Waals surface area contributed by atoms with Crippen molar-refractivity contribution in [3.8, 4) is 11.5 Å². The molecule has 3 fully saturated rings. The second-order valence-corrected chi connectivity index (χ2v) is 13.1. The number of amides is 1. The molecule has 0 bridgehead atoms. The van der Waals surface area contributed by atoms with E-state index in [1.165, 1.54) is 38.4 Å². The Labute approximate surface area is 258 Å². The number of aromatic nitrogens is 4. The first kappa shape index (κ1) is 30.8. The molecule has 1 aliphatic heterocycles. The van der Waals surface area contributed by atoms with E-state index < -0.39 is 18.0 Å². The predicted octanol–water partition coefficient (Wildman–Crippen LogP) is 6.52. The summed E-state index contributed by atoms with van der Waals surface area (Å²) in [5.74, 6) is 1.92. The third-order valence-corrected chi connectivity index (χ3v) is 9.66. The lowest BCUT2D eigenvalue weighted by Crippen LogP contribution is -2.33. The number of nitrogens with zero attached hydrogens (tertiary/aromatic N) is 5. The first-order chi connectivity index (χ1) is 21.4. The second-order valence-electron chi connectivity index (χ2n) is 13.1. The van der Waals surface area contributed by atoms with Gasteiger partial charge >= 0.3 is 0 Å². The molecule has 0 radical (unpaired) electrons. The Morgan fingerprint density at radius 2 is 1.84 bits per heavy atom. The molecular weight excluding hydrogens is 564 g/mol. The van der Waals surface area contributed by atoms with Crippen molar-refractivity contribution in [3.63, 3.8) is 0 Å². The molecule has 3 aromatic heterocycles. The standard InChI is InChI=1S/C33H45F2N7O2/c1-41(17-13-23-10-14-36-15-11-23)19-24-5-8-27(9-6-24)42-20-28(30(40-42)31(34)35)38-32(43)29-21-44-33(39-29)25-12-16-37-26(18-25)7-4-22-2-3-22/h12,16,18,20-24,27,31,36H,2-11,13-15,17,19H2,1H3,(H,38,43). The van der Waals surface area contributed by atoms with Crippen LogP contribution in [0.3, 0.4) is 0 Å². The topological polar surface area (TPSA) is 101 Å². The highest BCUT2D eigenvalue weighted by Crippen LogP contribution is 2.36. The van der Waals surface area contributed by atoms with Gasteiger partial charge in [0.15, 0.2) is 11.4 Å². The van der Waals surface area contributed by atoms with Crippen LogP contribution in [0.2, 0.25) is 0 Å². The fraction of sp³-hybridized carbons (Fsp3) is 0.636. The Bertz CT molecular complexity index is 1370. The average molecular weight is 610 g/mol. The minimum absolute atomic E-state index is 0.0144. The summed E-state index contributed by atoms with van der Waals surface area (Å²) in [4.78, 5) is 24.3. The van der Waals surface area contributed by atoms with Gasteiger partial charge < -0.3 is 20.0 Å². The van der Waals surface area contributed by atoms with E-state index in [-0.39, 0.29) is 17.4 Å². The maximum atomic E-state index is 14.0. The zero-order valence-corrected chi connectivity index (χ0v) is 25.7. The molecule has 0 spiro atoms. The largest absolute Gasteiger partial charge is 0.444 e. The third-order valence-electron chi connectivity index (χ3n) is 9.66. The van der Waals surface area contributed by atoms with E-state index in [4.69, 9.17) is 4.42 Å². The Hall–Kier alpha value is -3.18. The minimum Gasteiger partial charge on any atom is -0.444 e. The lowest BCUT2D eigenvalue weighted by atomic mass is 9.85. The van der Waals surface area contributed by atoms with Crippen LogP contribution in [-0.2, 0) is 6.42 Å². The average Bonchev–Trinajstić information content (AvgIpc) is 3.56. The van der Waals surface area contributed by atoms with E-state index in [1.807, 2.05) is 6.07 Å². The number of anilines is 1. The quantitative estimate of drug-likeness (QED) is 0.228. The van der Waals surface area contributed by atoms with Crippen LogP contribution in [0.5, 0.6) is 0 Å². The molecule has 238 valence electrons. The molecule has 3 aromatic rings. The van der Waals surface area contributed by atoms with Gasteiger partial charge in [-0.05, 0) is 114 Å². The van der Waals surface area contributed by atoms with Crippen LogP contribution in [0.15, 0.2) is 35.2 Å². The lowest BCUT2D eigenvalue weighted by Gasteiger charge is -2.32. The van der Waals surface area contributed by atoms with E-state index in [0.29, 0.717) is 11.8 Å². The van der Waals surface area contributed by atoms with Crippen LogP contribution in [-0.4, -0.2) is 63.8 Å². The molecule has 0 aromatic carbocycles. The molecule has 6 rings (SSSR count). The number of carbonyl (C=O) groups excluding carboxylic acids is 1. The molecule has 44 heavy (non-hydrogen) atoms. The van der Waals surface area contributed by atoms with Gasteiger partial charge in [-0.2, -0.15) is 5.10 Å². The summed E-state index contributed by atoms with van der Waals surface area (Å²) >= 11 is 0. The first-order valence-electron chi connectivity index (χ1n) is 16.4. The molecule has 1 amide bonds. The minimum atomic E-state index is -2.81. The normalized spacial score (nSPS) is 21.3. The highest BCUT2D eigenvalue weighted by atomic mass is 19.3. The van der Waals surface area contributed by atoms with Gasteiger partial charge in [0.25, 0.3) is 12.3 Å². The number of oxazole rings is 1.